The van der Waals surface area contributed by atoms with Crippen LogP contribution in [0.3, 0.4) is 0 Å². The zero-order valence-corrected chi connectivity index (χ0v) is 9.03. The van der Waals surface area contributed by atoms with Crippen molar-refractivity contribution in [2.24, 2.45) is 5.73 Å². The number of pyridine rings is 1. The Hall–Kier alpha value is -1.58. The van der Waals surface area contributed by atoms with Crippen LogP contribution in [0.25, 0.3) is 0 Å². The van der Waals surface area contributed by atoms with Gasteiger partial charge in [-0.2, -0.15) is 0 Å². The van der Waals surface area contributed by atoms with Gasteiger partial charge in [0.15, 0.2) is 0 Å². The van der Waals surface area contributed by atoms with Crippen LogP contribution < -0.4 is 10.6 Å². The van der Waals surface area contributed by atoms with Gasteiger partial charge in [-0.15, -0.1) is 0 Å². The Morgan fingerprint density at radius 3 is 2.60 bits per heavy atom. The molecule has 0 atom stereocenters. The Morgan fingerprint density at radius 1 is 1.47 bits per heavy atom. The number of carbonyl (C=O) groups excluding carboxylic acids is 1. The third-order valence-electron chi connectivity index (χ3n) is 2.90. The maximum atomic E-state index is 11.3. The zero-order chi connectivity index (χ0) is 11.1. The second kappa shape index (κ2) is 3.22. The van der Waals surface area contributed by atoms with Crippen LogP contribution in [0, 0.1) is 0 Å². The van der Waals surface area contributed by atoms with Crippen LogP contribution in [0.5, 0.6) is 0 Å². The smallest absolute Gasteiger partial charge is 0.229 e. The molecule has 1 aromatic rings. The second-order valence-corrected chi connectivity index (χ2v) is 4.22. The summed E-state index contributed by atoms with van der Waals surface area (Å²) in [5.74, 6) is 0.603. The molecule has 0 spiro atoms. The molecule has 0 aromatic carbocycles. The highest BCUT2D eigenvalue weighted by Crippen LogP contribution is 2.47. The predicted octanol–water partition coefficient (Wildman–Crippen LogP) is 0.664. The Kier molecular flexibility index (Phi) is 2.14. The molecule has 2 rings (SSSR count). The molecule has 1 aromatic heterocycles. The number of carbonyl (C=O) groups is 1. The summed E-state index contributed by atoms with van der Waals surface area (Å²) in [7, 11) is 3.85. The highest BCUT2D eigenvalue weighted by Gasteiger charge is 2.51. The summed E-state index contributed by atoms with van der Waals surface area (Å²) in [5.41, 5.74) is 5.72. The van der Waals surface area contributed by atoms with Crippen molar-refractivity contribution in [3.05, 3.63) is 23.9 Å². The van der Waals surface area contributed by atoms with E-state index in [0.717, 1.165) is 24.4 Å². The average Bonchev–Trinajstić information content (AvgIpc) is 2.98. The third kappa shape index (κ3) is 1.56. The Bertz CT molecular complexity index is 397. The van der Waals surface area contributed by atoms with Crippen LogP contribution >= 0.6 is 0 Å². The minimum Gasteiger partial charge on any atom is -0.369 e. The van der Waals surface area contributed by atoms with Crippen LogP contribution in [0.2, 0.25) is 0 Å². The van der Waals surface area contributed by atoms with Gasteiger partial charge in [0, 0.05) is 14.1 Å². The minimum atomic E-state index is -0.480. The van der Waals surface area contributed by atoms with Gasteiger partial charge in [-0.05, 0) is 25.0 Å². The molecule has 1 amide bonds. The molecule has 0 saturated heterocycles. The quantitative estimate of drug-likeness (QED) is 0.788. The first-order chi connectivity index (χ1) is 7.06. The molecule has 80 valence electrons. The molecule has 1 fully saturated rings. The summed E-state index contributed by atoms with van der Waals surface area (Å²) in [6.45, 7) is 0. The normalized spacial score (nSPS) is 17.2. The molecular weight excluding hydrogens is 190 g/mol. The highest BCUT2D eigenvalue weighted by molar-refractivity contribution is 5.89. The molecule has 4 heteroatoms. The molecule has 0 aliphatic heterocycles. The van der Waals surface area contributed by atoms with E-state index >= 15 is 0 Å². The Labute approximate surface area is 89.1 Å². The number of nitrogens with two attached hydrogens (primary N) is 1. The lowest BCUT2D eigenvalue weighted by molar-refractivity contribution is -0.120. The molecule has 1 aliphatic rings. The highest BCUT2D eigenvalue weighted by atomic mass is 16.1. The first kappa shape index (κ1) is 9.96. The molecule has 2 N–H and O–H groups in total. The van der Waals surface area contributed by atoms with E-state index < -0.39 is 5.41 Å². The predicted molar refractivity (Wildman–Crippen MR) is 58.7 cm³/mol. The number of aromatic nitrogens is 1. The molecule has 0 radical (unpaired) electrons. The number of rotatable bonds is 3. The average molecular weight is 205 g/mol. The van der Waals surface area contributed by atoms with Crippen molar-refractivity contribution in [1.29, 1.82) is 0 Å². The monoisotopic (exact) mass is 205 g/mol. The first-order valence-electron chi connectivity index (χ1n) is 5.01. The standard InChI is InChI=1S/C11H15N3O/c1-14(2)9-5-3-4-8(13-9)11(6-7-11)10(12)15/h3-5H,6-7H2,1-2H3,(H2,12,15). The number of hydrogen-bond acceptors (Lipinski definition) is 3. The van der Waals surface area contributed by atoms with Gasteiger partial charge >= 0.3 is 0 Å². The minimum absolute atomic E-state index is 0.258. The summed E-state index contributed by atoms with van der Waals surface area (Å²) in [6, 6.07) is 5.71. The Balaban J connectivity index is 2.37. The molecule has 0 bridgehead atoms. The lowest BCUT2D eigenvalue weighted by Crippen LogP contribution is -2.29. The number of anilines is 1. The van der Waals surface area contributed by atoms with Crippen molar-refractivity contribution in [1.82, 2.24) is 4.98 Å². The number of nitrogens with zero attached hydrogens (tertiary/aromatic N) is 2. The van der Waals surface area contributed by atoms with Crippen molar-refractivity contribution >= 4 is 11.7 Å². The van der Waals surface area contributed by atoms with Gasteiger partial charge in [0.1, 0.15) is 5.82 Å². The summed E-state index contributed by atoms with van der Waals surface area (Å²) < 4.78 is 0. The maximum absolute atomic E-state index is 11.3. The van der Waals surface area contributed by atoms with Crippen molar-refractivity contribution in [2.45, 2.75) is 18.3 Å². The number of hydrogen-bond donors (Lipinski definition) is 1. The molecule has 1 aliphatic carbocycles. The van der Waals surface area contributed by atoms with E-state index in [-0.39, 0.29) is 5.91 Å². The van der Waals surface area contributed by atoms with Gasteiger partial charge in [-0.3, -0.25) is 4.79 Å². The third-order valence-corrected chi connectivity index (χ3v) is 2.90. The zero-order valence-electron chi connectivity index (χ0n) is 9.03. The lowest BCUT2D eigenvalue weighted by atomic mass is 10.0. The van der Waals surface area contributed by atoms with Gasteiger partial charge in [0.2, 0.25) is 5.91 Å². The van der Waals surface area contributed by atoms with Gasteiger partial charge < -0.3 is 10.6 Å². The van der Waals surface area contributed by atoms with E-state index in [9.17, 15) is 4.79 Å². The van der Waals surface area contributed by atoms with Crippen LogP contribution in [0.1, 0.15) is 18.5 Å². The summed E-state index contributed by atoms with van der Waals surface area (Å²) in [4.78, 5) is 17.7. The van der Waals surface area contributed by atoms with E-state index in [1.54, 1.807) is 0 Å². The SMILES string of the molecule is CN(C)c1cccc(C2(C(N)=O)CC2)n1. The largest absolute Gasteiger partial charge is 0.369 e. The van der Waals surface area contributed by atoms with Gasteiger partial charge in [-0.25, -0.2) is 4.98 Å². The fraction of sp³-hybridized carbons (Fsp3) is 0.455. The fourth-order valence-electron chi connectivity index (χ4n) is 1.69. The second-order valence-electron chi connectivity index (χ2n) is 4.22. The van der Waals surface area contributed by atoms with Gasteiger partial charge in [0.05, 0.1) is 11.1 Å². The maximum Gasteiger partial charge on any atom is 0.229 e. The van der Waals surface area contributed by atoms with E-state index in [2.05, 4.69) is 4.98 Å². The first-order valence-corrected chi connectivity index (χ1v) is 5.01. The van der Waals surface area contributed by atoms with E-state index in [4.69, 9.17) is 5.73 Å². The van der Waals surface area contributed by atoms with Gasteiger partial charge in [-0.1, -0.05) is 6.07 Å². The summed E-state index contributed by atoms with van der Waals surface area (Å²) in [6.07, 6.45) is 1.65. The van der Waals surface area contributed by atoms with E-state index in [0.29, 0.717) is 0 Å². The topological polar surface area (TPSA) is 59.2 Å². The molecule has 1 saturated carbocycles. The van der Waals surface area contributed by atoms with Gasteiger partial charge in [0.25, 0.3) is 0 Å². The van der Waals surface area contributed by atoms with Crippen LogP contribution in [-0.2, 0) is 10.2 Å². The van der Waals surface area contributed by atoms with Crippen LogP contribution in [0.15, 0.2) is 18.2 Å². The van der Waals surface area contributed by atoms with Crippen molar-refractivity contribution in [3.63, 3.8) is 0 Å². The molecule has 1 heterocycles. The van der Waals surface area contributed by atoms with Crippen LogP contribution in [-0.4, -0.2) is 25.0 Å². The molecule has 0 unspecified atom stereocenters. The summed E-state index contributed by atoms with van der Waals surface area (Å²) in [5, 5.41) is 0. The van der Waals surface area contributed by atoms with Crippen molar-refractivity contribution in [3.8, 4) is 0 Å². The molecule has 4 nitrogen and oxygen atoms in total. The van der Waals surface area contributed by atoms with E-state index in [1.165, 1.54) is 0 Å². The lowest BCUT2D eigenvalue weighted by Gasteiger charge is -2.15. The van der Waals surface area contributed by atoms with Crippen molar-refractivity contribution in [2.75, 3.05) is 19.0 Å². The number of amides is 1. The molecular formula is C11H15N3O. The van der Waals surface area contributed by atoms with E-state index in [1.807, 2.05) is 37.2 Å². The fourth-order valence-corrected chi connectivity index (χ4v) is 1.69. The molecule has 15 heavy (non-hydrogen) atoms. The summed E-state index contributed by atoms with van der Waals surface area (Å²) >= 11 is 0. The number of primary amides is 1. The van der Waals surface area contributed by atoms with Crippen molar-refractivity contribution < 1.29 is 4.79 Å². The van der Waals surface area contributed by atoms with Crippen LogP contribution in [0.4, 0.5) is 5.82 Å². The Morgan fingerprint density at radius 2 is 2.13 bits per heavy atom.